The van der Waals surface area contributed by atoms with E-state index in [-0.39, 0.29) is 11.8 Å². The molecule has 1 aliphatic carbocycles. The monoisotopic (exact) mass is 321 g/mol. The Morgan fingerprint density at radius 1 is 1.18 bits per heavy atom. The SMILES string of the molecule is CCN(CC)[C@H]1CS(=O)(=O)OC2=C1CCCc1ccccc12. The second-order valence-electron chi connectivity index (χ2n) is 5.91. The normalized spacial score (nSPS) is 23.5. The van der Waals surface area contributed by atoms with Crippen LogP contribution in [0, 0.1) is 0 Å². The molecule has 1 aliphatic heterocycles. The van der Waals surface area contributed by atoms with E-state index in [0.29, 0.717) is 5.76 Å². The van der Waals surface area contributed by atoms with E-state index in [1.807, 2.05) is 18.2 Å². The van der Waals surface area contributed by atoms with Crippen LogP contribution >= 0.6 is 0 Å². The summed E-state index contributed by atoms with van der Waals surface area (Å²) in [7, 11) is -3.53. The van der Waals surface area contributed by atoms with E-state index in [1.54, 1.807) is 0 Å². The van der Waals surface area contributed by atoms with Crippen molar-refractivity contribution in [3.8, 4) is 0 Å². The minimum Gasteiger partial charge on any atom is -0.382 e. The third-order valence-electron chi connectivity index (χ3n) is 4.67. The predicted molar refractivity (Wildman–Crippen MR) is 87.9 cm³/mol. The van der Waals surface area contributed by atoms with Crippen molar-refractivity contribution in [3.05, 3.63) is 41.0 Å². The molecule has 0 radical (unpaired) electrons. The van der Waals surface area contributed by atoms with Crippen molar-refractivity contribution in [2.75, 3.05) is 18.8 Å². The quantitative estimate of drug-likeness (QED) is 0.803. The Bertz CT molecular complexity index is 690. The van der Waals surface area contributed by atoms with Crippen LogP contribution in [0.1, 0.15) is 37.8 Å². The van der Waals surface area contributed by atoms with Crippen LogP contribution in [0.2, 0.25) is 0 Å². The topological polar surface area (TPSA) is 46.6 Å². The van der Waals surface area contributed by atoms with Crippen LogP contribution in [0.25, 0.3) is 5.76 Å². The Hall–Kier alpha value is -1.33. The van der Waals surface area contributed by atoms with Crippen molar-refractivity contribution >= 4 is 15.9 Å². The largest absolute Gasteiger partial charge is 0.382 e. The van der Waals surface area contributed by atoms with Gasteiger partial charge in [-0.3, -0.25) is 4.90 Å². The van der Waals surface area contributed by atoms with Crippen LogP contribution in [-0.2, 0) is 20.7 Å². The van der Waals surface area contributed by atoms with E-state index in [9.17, 15) is 8.42 Å². The van der Waals surface area contributed by atoms with E-state index < -0.39 is 10.1 Å². The zero-order valence-electron chi connectivity index (χ0n) is 13.2. The molecule has 0 amide bonds. The van der Waals surface area contributed by atoms with Crippen molar-refractivity contribution in [1.29, 1.82) is 0 Å². The van der Waals surface area contributed by atoms with E-state index in [4.69, 9.17) is 4.18 Å². The van der Waals surface area contributed by atoms with Crippen LogP contribution in [0.5, 0.6) is 0 Å². The Balaban J connectivity index is 2.16. The van der Waals surface area contributed by atoms with Crippen LogP contribution < -0.4 is 0 Å². The van der Waals surface area contributed by atoms with Crippen LogP contribution in [0.3, 0.4) is 0 Å². The molecule has 0 bridgehead atoms. The first-order chi connectivity index (χ1) is 10.6. The van der Waals surface area contributed by atoms with Crippen molar-refractivity contribution in [3.63, 3.8) is 0 Å². The molecule has 120 valence electrons. The van der Waals surface area contributed by atoms with E-state index in [0.717, 1.165) is 43.5 Å². The third kappa shape index (κ3) is 2.79. The van der Waals surface area contributed by atoms with Gasteiger partial charge in [0.2, 0.25) is 0 Å². The molecule has 1 aromatic carbocycles. The zero-order chi connectivity index (χ0) is 15.7. The lowest BCUT2D eigenvalue weighted by atomic mass is 9.99. The van der Waals surface area contributed by atoms with Gasteiger partial charge in [-0.2, -0.15) is 8.42 Å². The number of aryl methyl sites for hydroxylation is 1. The summed E-state index contributed by atoms with van der Waals surface area (Å²) in [5.41, 5.74) is 3.29. The average molecular weight is 321 g/mol. The summed E-state index contributed by atoms with van der Waals surface area (Å²) in [6.07, 6.45) is 2.91. The average Bonchev–Trinajstić information content (AvgIpc) is 2.67. The molecule has 1 aromatic rings. The Kier molecular flexibility index (Phi) is 4.28. The molecule has 0 unspecified atom stereocenters. The van der Waals surface area contributed by atoms with Gasteiger partial charge in [-0.1, -0.05) is 38.1 Å². The number of rotatable bonds is 3. The molecule has 0 N–H and O–H groups in total. The molecule has 3 rings (SSSR count). The first-order valence-electron chi connectivity index (χ1n) is 8.03. The van der Waals surface area contributed by atoms with Gasteiger partial charge in [-0.05, 0) is 43.5 Å². The van der Waals surface area contributed by atoms with Gasteiger partial charge in [0, 0.05) is 5.56 Å². The van der Waals surface area contributed by atoms with Crippen molar-refractivity contribution < 1.29 is 12.6 Å². The first-order valence-corrected chi connectivity index (χ1v) is 9.61. The fourth-order valence-corrected chi connectivity index (χ4v) is 4.89. The Morgan fingerprint density at radius 3 is 2.64 bits per heavy atom. The molecule has 1 heterocycles. The lowest BCUT2D eigenvalue weighted by molar-refractivity contribution is 0.245. The molecule has 2 aliphatic rings. The highest BCUT2D eigenvalue weighted by atomic mass is 32.2. The predicted octanol–water partition coefficient (Wildman–Crippen LogP) is 2.80. The van der Waals surface area contributed by atoms with E-state index in [2.05, 4.69) is 24.8 Å². The smallest absolute Gasteiger partial charge is 0.311 e. The fourth-order valence-electron chi connectivity index (χ4n) is 3.58. The lowest BCUT2D eigenvalue weighted by Gasteiger charge is -2.35. The second kappa shape index (κ2) is 6.05. The standard InChI is InChI=1S/C17H23NO3S/c1-3-18(4-2)16-12-22(19,20)21-17-14-10-6-5-8-13(14)9-7-11-15(16)17/h5-6,8,10,16H,3-4,7,9,11-12H2,1-2H3/t16-/m0/s1. The van der Waals surface area contributed by atoms with Crippen LogP contribution in [0.4, 0.5) is 0 Å². The van der Waals surface area contributed by atoms with E-state index in [1.165, 1.54) is 5.56 Å². The number of hydrogen-bond acceptors (Lipinski definition) is 4. The number of fused-ring (bicyclic) bond motifs is 2. The molecule has 0 aromatic heterocycles. The maximum Gasteiger partial charge on any atom is 0.311 e. The Morgan fingerprint density at radius 2 is 1.91 bits per heavy atom. The van der Waals surface area contributed by atoms with Gasteiger partial charge in [0.05, 0.1) is 6.04 Å². The van der Waals surface area contributed by atoms with Gasteiger partial charge in [-0.15, -0.1) is 0 Å². The molecule has 0 saturated heterocycles. The molecule has 1 atom stereocenters. The lowest BCUT2D eigenvalue weighted by Crippen LogP contribution is -2.44. The molecule has 0 saturated carbocycles. The highest BCUT2D eigenvalue weighted by Gasteiger charge is 2.37. The minimum absolute atomic E-state index is 0.0603. The minimum atomic E-state index is -3.53. The van der Waals surface area contributed by atoms with Gasteiger partial charge >= 0.3 is 10.1 Å². The fraction of sp³-hybridized carbons (Fsp3) is 0.529. The summed E-state index contributed by atoms with van der Waals surface area (Å²) in [6.45, 7) is 5.84. The summed E-state index contributed by atoms with van der Waals surface area (Å²) in [5.74, 6) is 0.659. The number of hydrogen-bond donors (Lipinski definition) is 0. The molecule has 22 heavy (non-hydrogen) atoms. The van der Waals surface area contributed by atoms with Gasteiger partial charge in [0.25, 0.3) is 0 Å². The van der Waals surface area contributed by atoms with Gasteiger partial charge in [0.1, 0.15) is 5.75 Å². The molecule has 0 fully saturated rings. The maximum atomic E-state index is 12.3. The van der Waals surface area contributed by atoms with Gasteiger partial charge < -0.3 is 4.18 Å². The summed E-state index contributed by atoms with van der Waals surface area (Å²) < 4.78 is 30.1. The Labute approximate surface area is 132 Å². The van der Waals surface area contributed by atoms with Crippen LogP contribution in [-0.4, -0.2) is 38.2 Å². The first kappa shape index (κ1) is 15.6. The number of benzene rings is 1. The van der Waals surface area contributed by atoms with Crippen LogP contribution in [0.15, 0.2) is 29.8 Å². The molecule has 4 nitrogen and oxygen atoms in total. The van der Waals surface area contributed by atoms with Gasteiger partial charge in [0.15, 0.2) is 5.76 Å². The summed E-state index contributed by atoms with van der Waals surface area (Å²) in [4.78, 5) is 2.23. The molecular weight excluding hydrogens is 298 g/mol. The number of nitrogens with zero attached hydrogens (tertiary/aromatic N) is 1. The second-order valence-corrected chi connectivity index (χ2v) is 7.53. The van der Waals surface area contributed by atoms with Crippen molar-refractivity contribution in [2.45, 2.75) is 39.2 Å². The molecular formula is C17H23NO3S. The van der Waals surface area contributed by atoms with Gasteiger partial charge in [-0.25, -0.2) is 0 Å². The number of likely N-dealkylation sites (N-methyl/N-ethyl adjacent to an activating group) is 1. The van der Waals surface area contributed by atoms with E-state index >= 15 is 0 Å². The molecule has 5 heteroatoms. The summed E-state index contributed by atoms with van der Waals surface area (Å²) in [5, 5.41) is 0. The highest BCUT2D eigenvalue weighted by molar-refractivity contribution is 7.87. The van der Waals surface area contributed by atoms with Crippen molar-refractivity contribution in [1.82, 2.24) is 4.90 Å². The summed E-state index contributed by atoms with van der Waals surface area (Å²) in [6, 6.07) is 7.95. The zero-order valence-corrected chi connectivity index (χ0v) is 14.0. The third-order valence-corrected chi connectivity index (χ3v) is 5.82. The highest BCUT2D eigenvalue weighted by Crippen LogP contribution is 2.38. The maximum absolute atomic E-state index is 12.3. The van der Waals surface area contributed by atoms with Crippen molar-refractivity contribution in [2.24, 2.45) is 0 Å². The molecule has 0 spiro atoms. The summed E-state index contributed by atoms with van der Waals surface area (Å²) >= 11 is 0.